The highest BCUT2D eigenvalue weighted by molar-refractivity contribution is 7.86. The fraction of sp³-hybridized carbons (Fsp3) is 0.846. The monoisotopic (exact) mass is 383 g/mol. The van der Waals surface area contributed by atoms with Crippen LogP contribution in [-0.2, 0) is 22.9 Å². The van der Waals surface area contributed by atoms with Crippen molar-refractivity contribution in [3.05, 3.63) is 11.7 Å². The van der Waals surface area contributed by atoms with E-state index in [1.165, 1.54) is 22.7 Å². The molecule has 3 saturated heterocycles. The predicted molar refractivity (Wildman–Crippen MR) is 80.4 cm³/mol. The lowest BCUT2D eigenvalue weighted by Gasteiger charge is -2.34. The molecule has 3 aliphatic heterocycles. The number of nitrogens with zero attached hydrogens (tertiary/aromatic N) is 5. The highest BCUT2D eigenvalue weighted by Crippen LogP contribution is 2.31. The van der Waals surface area contributed by atoms with E-state index in [-0.39, 0.29) is 24.4 Å². The number of aromatic nitrogens is 2. The van der Waals surface area contributed by atoms with E-state index in [1.807, 2.05) is 4.90 Å². The fourth-order valence-electron chi connectivity index (χ4n) is 3.36. The van der Waals surface area contributed by atoms with Gasteiger partial charge in [-0.3, -0.25) is 4.90 Å². The number of piperidine rings is 1. The number of hydrogen-bond donors (Lipinski definition) is 0. The quantitative estimate of drug-likeness (QED) is 0.765. The third kappa shape index (κ3) is 3.81. The largest absolute Gasteiger partial charge is 0.455 e. The Bertz CT molecular complexity index is 721. The molecule has 0 saturated carbocycles. The summed E-state index contributed by atoms with van der Waals surface area (Å²) in [5.41, 5.74) is 0. The molecule has 8 nitrogen and oxygen atoms in total. The average Bonchev–Trinajstić information content (AvgIpc) is 2.79. The third-order valence-electron chi connectivity index (χ3n) is 4.64. The van der Waals surface area contributed by atoms with Crippen molar-refractivity contribution in [1.29, 1.82) is 0 Å². The van der Waals surface area contributed by atoms with Gasteiger partial charge in [0.15, 0.2) is 0 Å². The minimum atomic E-state index is -4.64. The first-order valence-corrected chi connectivity index (χ1v) is 9.28. The standard InChI is InChI=1S/C13H20F3N5O3S/c1-19(2)25(22,23)21-6-9-3-4-10(7-21)20(5-9)8-11-17-12(18-24-11)13(14,15)16/h9-10H,3-8H2,1-2H3/t9-,10-/m1/s1. The second kappa shape index (κ2) is 6.49. The zero-order valence-corrected chi connectivity index (χ0v) is 14.7. The van der Waals surface area contributed by atoms with Crippen LogP contribution in [0.3, 0.4) is 0 Å². The molecule has 12 heteroatoms. The second-order valence-electron chi connectivity index (χ2n) is 6.64. The van der Waals surface area contributed by atoms with E-state index < -0.39 is 22.2 Å². The van der Waals surface area contributed by atoms with Gasteiger partial charge in [-0.05, 0) is 18.8 Å². The van der Waals surface area contributed by atoms with Crippen molar-refractivity contribution in [2.24, 2.45) is 5.92 Å². The van der Waals surface area contributed by atoms with Crippen LogP contribution in [0, 0.1) is 5.92 Å². The Balaban J connectivity index is 1.74. The van der Waals surface area contributed by atoms with E-state index in [0.717, 1.165) is 12.8 Å². The van der Waals surface area contributed by atoms with Crippen LogP contribution in [0.2, 0.25) is 0 Å². The van der Waals surface area contributed by atoms with Gasteiger partial charge in [0, 0.05) is 39.8 Å². The molecule has 4 heterocycles. The Kier molecular flexibility index (Phi) is 4.81. The van der Waals surface area contributed by atoms with Crippen molar-refractivity contribution < 1.29 is 26.1 Å². The lowest BCUT2D eigenvalue weighted by molar-refractivity contribution is -0.146. The van der Waals surface area contributed by atoms with Crippen LogP contribution >= 0.6 is 0 Å². The third-order valence-corrected chi connectivity index (χ3v) is 6.51. The van der Waals surface area contributed by atoms with Crippen LogP contribution in [0.25, 0.3) is 0 Å². The molecule has 0 unspecified atom stereocenters. The Hall–Kier alpha value is -1.24. The first kappa shape index (κ1) is 18.5. The lowest BCUT2D eigenvalue weighted by Crippen LogP contribution is -2.45. The highest BCUT2D eigenvalue weighted by Gasteiger charge is 2.41. The molecule has 0 spiro atoms. The van der Waals surface area contributed by atoms with E-state index >= 15 is 0 Å². The highest BCUT2D eigenvalue weighted by atomic mass is 32.2. The summed E-state index contributed by atoms with van der Waals surface area (Å²) in [7, 11) is -0.555. The van der Waals surface area contributed by atoms with E-state index in [4.69, 9.17) is 4.52 Å². The molecule has 3 aliphatic rings. The van der Waals surface area contributed by atoms with E-state index in [0.29, 0.717) is 19.6 Å². The van der Waals surface area contributed by atoms with Gasteiger partial charge in [0.25, 0.3) is 16.0 Å². The molecular formula is C13H20F3N5O3S. The van der Waals surface area contributed by atoms with Crippen molar-refractivity contribution in [3.63, 3.8) is 0 Å². The minimum Gasteiger partial charge on any atom is -0.338 e. The summed E-state index contributed by atoms with van der Waals surface area (Å²) in [5, 5.41) is 2.97. The Labute approximate surface area is 143 Å². The van der Waals surface area contributed by atoms with Gasteiger partial charge in [0.2, 0.25) is 5.89 Å². The molecule has 0 aliphatic carbocycles. The van der Waals surface area contributed by atoms with Crippen LogP contribution in [0.1, 0.15) is 24.6 Å². The van der Waals surface area contributed by atoms with Gasteiger partial charge < -0.3 is 4.52 Å². The Morgan fingerprint density at radius 2 is 1.96 bits per heavy atom. The molecule has 0 amide bonds. The van der Waals surface area contributed by atoms with E-state index in [1.54, 1.807) is 0 Å². The van der Waals surface area contributed by atoms with Crippen molar-refractivity contribution in [2.45, 2.75) is 31.6 Å². The van der Waals surface area contributed by atoms with Crippen LogP contribution in [0.4, 0.5) is 13.2 Å². The molecule has 1 aromatic rings. The molecule has 142 valence electrons. The van der Waals surface area contributed by atoms with Gasteiger partial charge >= 0.3 is 6.18 Å². The predicted octanol–water partition coefficient (Wildman–Crippen LogP) is 0.791. The van der Waals surface area contributed by atoms with Crippen LogP contribution < -0.4 is 0 Å². The van der Waals surface area contributed by atoms with E-state index in [2.05, 4.69) is 10.1 Å². The SMILES string of the molecule is CN(C)S(=O)(=O)N1C[C@@H]2CC[C@H](C1)N(Cc1nc(C(F)(F)F)no1)C2. The Morgan fingerprint density at radius 3 is 2.56 bits per heavy atom. The number of rotatable bonds is 4. The van der Waals surface area contributed by atoms with Crippen molar-refractivity contribution in [1.82, 2.24) is 23.7 Å². The molecule has 3 fully saturated rings. The normalized spacial score (nSPS) is 26.3. The van der Waals surface area contributed by atoms with Crippen LogP contribution in [0.15, 0.2) is 4.52 Å². The molecule has 4 rings (SSSR count). The number of fused-ring (bicyclic) bond motifs is 4. The first-order chi connectivity index (χ1) is 11.6. The Morgan fingerprint density at radius 1 is 1.24 bits per heavy atom. The molecule has 2 bridgehead atoms. The fourth-order valence-corrected chi connectivity index (χ4v) is 4.58. The molecular weight excluding hydrogens is 363 g/mol. The summed E-state index contributed by atoms with van der Waals surface area (Å²) in [6.07, 6.45) is -2.97. The van der Waals surface area contributed by atoms with Gasteiger partial charge in [-0.2, -0.15) is 35.2 Å². The van der Waals surface area contributed by atoms with Gasteiger partial charge in [0.1, 0.15) is 0 Å². The summed E-state index contributed by atoms with van der Waals surface area (Å²) in [6.45, 7) is 1.39. The summed E-state index contributed by atoms with van der Waals surface area (Å²) >= 11 is 0. The maximum atomic E-state index is 12.6. The van der Waals surface area contributed by atoms with Crippen LogP contribution in [-0.4, -0.2) is 71.8 Å². The molecule has 1 aromatic heterocycles. The summed E-state index contributed by atoms with van der Waals surface area (Å²) in [6, 6.07) is -0.0882. The molecule has 0 N–H and O–H groups in total. The summed E-state index contributed by atoms with van der Waals surface area (Å²) in [4.78, 5) is 5.34. The van der Waals surface area contributed by atoms with Crippen molar-refractivity contribution in [2.75, 3.05) is 33.7 Å². The van der Waals surface area contributed by atoms with Gasteiger partial charge in [-0.25, -0.2) is 0 Å². The molecule has 0 aromatic carbocycles. The van der Waals surface area contributed by atoms with Gasteiger partial charge in [-0.15, -0.1) is 0 Å². The first-order valence-electron chi connectivity index (χ1n) is 7.89. The zero-order chi connectivity index (χ0) is 18.4. The smallest absolute Gasteiger partial charge is 0.338 e. The molecule has 25 heavy (non-hydrogen) atoms. The van der Waals surface area contributed by atoms with Crippen molar-refractivity contribution in [3.8, 4) is 0 Å². The van der Waals surface area contributed by atoms with Crippen molar-refractivity contribution >= 4 is 10.2 Å². The minimum absolute atomic E-state index is 0.0834. The zero-order valence-electron chi connectivity index (χ0n) is 13.9. The maximum Gasteiger partial charge on any atom is 0.455 e. The van der Waals surface area contributed by atoms with Gasteiger partial charge in [0.05, 0.1) is 6.54 Å². The topological polar surface area (TPSA) is 82.8 Å². The van der Waals surface area contributed by atoms with E-state index in [9.17, 15) is 21.6 Å². The second-order valence-corrected chi connectivity index (χ2v) is 8.79. The lowest BCUT2D eigenvalue weighted by atomic mass is 9.95. The average molecular weight is 383 g/mol. The van der Waals surface area contributed by atoms with Crippen LogP contribution in [0.5, 0.6) is 0 Å². The number of hydrogen-bond acceptors (Lipinski definition) is 6. The summed E-state index contributed by atoms with van der Waals surface area (Å²) < 4.78 is 69.9. The maximum absolute atomic E-state index is 12.6. The summed E-state index contributed by atoms with van der Waals surface area (Å²) in [5.74, 6) is -1.28. The molecule has 0 radical (unpaired) electrons. The number of alkyl halides is 3. The van der Waals surface area contributed by atoms with Gasteiger partial charge in [-0.1, -0.05) is 5.16 Å². The molecule has 2 atom stereocenters. The number of halogens is 3.